The Morgan fingerprint density at radius 3 is 2.70 bits per heavy atom. The van der Waals surface area contributed by atoms with Crippen LogP contribution in [0.5, 0.6) is 0 Å². The standard InChI is InChI=1S/C7H7BBrCl/c8-4-5-3-6(10)1-2-7(5)9/h1-3H,4,8H2. The Bertz CT molecular complexity index is 237. The molecule has 0 spiro atoms. The Morgan fingerprint density at radius 1 is 1.50 bits per heavy atom. The van der Waals surface area contributed by atoms with E-state index < -0.39 is 0 Å². The predicted octanol–water partition coefficient (Wildman–Crippen LogP) is 2.24. The molecule has 0 amide bonds. The molecule has 0 atom stereocenters. The molecule has 1 aromatic carbocycles. The van der Waals surface area contributed by atoms with Gasteiger partial charge in [-0.25, -0.2) is 0 Å². The van der Waals surface area contributed by atoms with Crippen molar-refractivity contribution in [2.45, 2.75) is 6.32 Å². The topological polar surface area (TPSA) is 0 Å². The number of hydrogen-bond donors (Lipinski definition) is 0. The fourth-order valence-corrected chi connectivity index (χ4v) is 1.54. The van der Waals surface area contributed by atoms with E-state index in [4.69, 9.17) is 11.6 Å². The molecule has 1 aromatic rings. The molecule has 0 radical (unpaired) electrons. The Morgan fingerprint density at radius 2 is 2.20 bits per heavy atom. The van der Waals surface area contributed by atoms with Gasteiger partial charge in [0.15, 0.2) is 0 Å². The summed E-state index contributed by atoms with van der Waals surface area (Å²) in [4.78, 5) is 0. The number of benzene rings is 1. The molecule has 0 saturated heterocycles. The molecule has 0 aliphatic carbocycles. The first-order chi connectivity index (χ1) is 4.74. The second kappa shape index (κ2) is 3.45. The van der Waals surface area contributed by atoms with Crippen molar-refractivity contribution < 1.29 is 0 Å². The third-order valence-corrected chi connectivity index (χ3v) is 2.40. The van der Waals surface area contributed by atoms with Gasteiger partial charge in [0, 0.05) is 9.50 Å². The lowest BCUT2D eigenvalue weighted by atomic mass is 9.97. The van der Waals surface area contributed by atoms with Crippen molar-refractivity contribution in [3.05, 3.63) is 33.3 Å². The van der Waals surface area contributed by atoms with Gasteiger partial charge in [0.25, 0.3) is 0 Å². The molecule has 0 aromatic heterocycles. The maximum Gasteiger partial charge on any atom is 0.107 e. The average Bonchev–Trinajstić information content (AvgIpc) is 1.94. The summed E-state index contributed by atoms with van der Waals surface area (Å²) < 4.78 is 1.14. The van der Waals surface area contributed by atoms with Crippen LogP contribution in [-0.4, -0.2) is 7.85 Å². The fourth-order valence-electron chi connectivity index (χ4n) is 0.814. The van der Waals surface area contributed by atoms with E-state index in [1.807, 2.05) is 18.2 Å². The van der Waals surface area contributed by atoms with Crippen molar-refractivity contribution in [2.75, 3.05) is 0 Å². The van der Waals surface area contributed by atoms with Gasteiger partial charge >= 0.3 is 0 Å². The normalized spacial score (nSPS) is 9.80. The van der Waals surface area contributed by atoms with Crippen LogP contribution < -0.4 is 0 Å². The molecule has 0 heterocycles. The van der Waals surface area contributed by atoms with Gasteiger partial charge in [-0.15, -0.1) is 0 Å². The van der Waals surface area contributed by atoms with E-state index in [0.717, 1.165) is 15.8 Å². The van der Waals surface area contributed by atoms with Crippen LogP contribution >= 0.6 is 27.5 Å². The molecule has 0 nitrogen and oxygen atoms in total. The van der Waals surface area contributed by atoms with Gasteiger partial charge in [0.2, 0.25) is 0 Å². The lowest BCUT2D eigenvalue weighted by molar-refractivity contribution is 1.37. The fraction of sp³-hybridized carbons (Fsp3) is 0.143. The van der Waals surface area contributed by atoms with Crippen molar-refractivity contribution in [2.24, 2.45) is 0 Å². The average molecular weight is 217 g/mol. The summed E-state index contributed by atoms with van der Waals surface area (Å²) in [5.41, 5.74) is 1.26. The maximum absolute atomic E-state index is 5.77. The van der Waals surface area contributed by atoms with Crippen LogP contribution in [0, 0.1) is 0 Å². The summed E-state index contributed by atoms with van der Waals surface area (Å²) in [6.07, 6.45) is 1.02. The molecule has 0 N–H and O–H groups in total. The van der Waals surface area contributed by atoms with Crippen molar-refractivity contribution in [3.8, 4) is 0 Å². The Balaban J connectivity index is 3.09. The third kappa shape index (κ3) is 1.77. The van der Waals surface area contributed by atoms with Gasteiger partial charge in [-0.2, -0.15) is 0 Å². The minimum Gasteiger partial charge on any atom is -0.0843 e. The second-order valence-corrected chi connectivity index (χ2v) is 3.38. The molecule has 0 bridgehead atoms. The zero-order chi connectivity index (χ0) is 7.56. The molecule has 0 saturated carbocycles. The summed E-state index contributed by atoms with van der Waals surface area (Å²) in [7, 11) is 2.11. The zero-order valence-corrected chi connectivity index (χ0v) is 8.04. The first kappa shape index (κ1) is 8.15. The third-order valence-electron chi connectivity index (χ3n) is 1.39. The lowest BCUT2D eigenvalue weighted by Gasteiger charge is -1.99. The maximum atomic E-state index is 5.77. The highest BCUT2D eigenvalue weighted by atomic mass is 79.9. The van der Waals surface area contributed by atoms with Crippen LogP contribution in [0.25, 0.3) is 0 Å². The summed E-state index contributed by atoms with van der Waals surface area (Å²) in [6.45, 7) is 0. The Hall–Kier alpha value is 0.0549. The number of rotatable bonds is 1. The minimum absolute atomic E-state index is 0.806. The number of hydrogen-bond acceptors (Lipinski definition) is 0. The van der Waals surface area contributed by atoms with Gasteiger partial charge in [0.05, 0.1) is 0 Å². The van der Waals surface area contributed by atoms with Crippen LogP contribution in [0.2, 0.25) is 5.02 Å². The predicted molar refractivity (Wildman–Crippen MR) is 51.4 cm³/mol. The zero-order valence-electron chi connectivity index (χ0n) is 5.70. The molecular formula is C7H7BBrCl. The van der Waals surface area contributed by atoms with E-state index in [0.29, 0.717) is 0 Å². The lowest BCUT2D eigenvalue weighted by Crippen LogP contribution is -1.84. The molecule has 0 aliphatic heterocycles. The van der Waals surface area contributed by atoms with Crippen LogP contribution in [0.15, 0.2) is 22.7 Å². The van der Waals surface area contributed by atoms with Crippen molar-refractivity contribution in [1.82, 2.24) is 0 Å². The van der Waals surface area contributed by atoms with Gasteiger partial charge in [-0.1, -0.05) is 33.9 Å². The summed E-state index contributed by atoms with van der Waals surface area (Å²) in [6, 6.07) is 5.83. The second-order valence-electron chi connectivity index (χ2n) is 2.09. The van der Waals surface area contributed by atoms with E-state index in [1.165, 1.54) is 5.56 Å². The Labute approximate surface area is 75.1 Å². The molecule has 1 rings (SSSR count). The molecule has 10 heavy (non-hydrogen) atoms. The van der Waals surface area contributed by atoms with Gasteiger partial charge in [0.1, 0.15) is 7.85 Å². The highest BCUT2D eigenvalue weighted by Gasteiger charge is 1.96. The highest BCUT2D eigenvalue weighted by Crippen LogP contribution is 2.20. The number of halogens is 2. The summed E-state index contributed by atoms with van der Waals surface area (Å²) in [5, 5.41) is 0.806. The van der Waals surface area contributed by atoms with Gasteiger partial charge in [-0.3, -0.25) is 0 Å². The van der Waals surface area contributed by atoms with Crippen LogP contribution in [0.3, 0.4) is 0 Å². The first-order valence-corrected chi connectivity index (χ1v) is 4.35. The van der Waals surface area contributed by atoms with Crippen molar-refractivity contribution in [1.29, 1.82) is 0 Å². The molecule has 0 unspecified atom stereocenters. The largest absolute Gasteiger partial charge is 0.107 e. The minimum atomic E-state index is 0.806. The van der Waals surface area contributed by atoms with E-state index in [-0.39, 0.29) is 0 Å². The molecule has 3 heteroatoms. The summed E-state index contributed by atoms with van der Waals surface area (Å²) in [5.74, 6) is 0. The van der Waals surface area contributed by atoms with E-state index >= 15 is 0 Å². The van der Waals surface area contributed by atoms with Crippen LogP contribution in [0.4, 0.5) is 0 Å². The molecule has 52 valence electrons. The SMILES string of the molecule is BCc1cc(Cl)ccc1Br. The monoisotopic (exact) mass is 216 g/mol. The van der Waals surface area contributed by atoms with E-state index in [9.17, 15) is 0 Å². The van der Waals surface area contributed by atoms with Crippen LogP contribution in [0.1, 0.15) is 5.56 Å². The van der Waals surface area contributed by atoms with Gasteiger partial charge < -0.3 is 0 Å². The Kier molecular flexibility index (Phi) is 2.81. The molecular weight excluding hydrogens is 210 g/mol. The van der Waals surface area contributed by atoms with Crippen molar-refractivity contribution >= 4 is 35.4 Å². The molecule has 0 aliphatic rings. The first-order valence-electron chi connectivity index (χ1n) is 3.18. The van der Waals surface area contributed by atoms with E-state index in [2.05, 4.69) is 23.8 Å². The summed E-state index contributed by atoms with van der Waals surface area (Å²) >= 11 is 9.21. The van der Waals surface area contributed by atoms with Crippen molar-refractivity contribution in [3.63, 3.8) is 0 Å². The van der Waals surface area contributed by atoms with E-state index in [1.54, 1.807) is 0 Å². The van der Waals surface area contributed by atoms with Gasteiger partial charge in [-0.05, 0) is 23.8 Å². The highest BCUT2D eigenvalue weighted by molar-refractivity contribution is 9.10. The molecule has 0 fully saturated rings. The smallest absolute Gasteiger partial charge is 0.0843 e. The van der Waals surface area contributed by atoms with Crippen LogP contribution in [-0.2, 0) is 6.32 Å². The quantitative estimate of drug-likeness (QED) is 0.633.